The van der Waals surface area contributed by atoms with E-state index in [1.165, 1.54) is 26.9 Å². The number of carbonyl (C=O) groups excluding carboxylic acids is 2. The second kappa shape index (κ2) is 24.0. The maximum atomic E-state index is 12.6. The van der Waals surface area contributed by atoms with Gasteiger partial charge in [0.1, 0.15) is 11.5 Å². The summed E-state index contributed by atoms with van der Waals surface area (Å²) in [4.78, 5) is 31.7. The molecule has 1 aliphatic heterocycles. The minimum Gasteiger partial charge on any atom is -0.497 e. The quantitative estimate of drug-likeness (QED) is 0.0724. The van der Waals surface area contributed by atoms with Crippen LogP contribution in [0.1, 0.15) is 71.1 Å². The van der Waals surface area contributed by atoms with Crippen LogP contribution in [0.5, 0.6) is 11.5 Å². The monoisotopic (exact) mass is 883 g/mol. The van der Waals surface area contributed by atoms with E-state index in [-0.39, 0.29) is 18.7 Å². The molecule has 326 valence electrons. The number of benzene rings is 4. The second-order valence-electron chi connectivity index (χ2n) is 14.6. The number of hydrogen-bond donors (Lipinski definition) is 3. The number of nitrogens with zero attached hydrogens (tertiary/aromatic N) is 4. The van der Waals surface area contributed by atoms with Crippen LogP contribution in [0.25, 0.3) is 21.1 Å². The van der Waals surface area contributed by atoms with Crippen LogP contribution in [0.15, 0.2) is 77.2 Å². The van der Waals surface area contributed by atoms with E-state index in [0.717, 1.165) is 41.2 Å². The van der Waals surface area contributed by atoms with Gasteiger partial charge in [-0.05, 0) is 124 Å². The van der Waals surface area contributed by atoms with Gasteiger partial charge < -0.3 is 34.2 Å². The van der Waals surface area contributed by atoms with E-state index in [0.29, 0.717) is 56.5 Å². The van der Waals surface area contributed by atoms with Crippen molar-refractivity contribution in [1.82, 2.24) is 15.5 Å². The van der Waals surface area contributed by atoms with Crippen LogP contribution in [-0.4, -0.2) is 78.3 Å². The highest BCUT2D eigenvalue weighted by Crippen LogP contribution is 2.35. The lowest BCUT2D eigenvalue weighted by atomic mass is 9.91. The third kappa shape index (κ3) is 13.3. The summed E-state index contributed by atoms with van der Waals surface area (Å²) < 4.78 is 21.0. The van der Waals surface area contributed by atoms with Crippen LogP contribution in [0.4, 0.5) is 11.4 Å². The molecular weight excluding hydrogens is 833 g/mol. The summed E-state index contributed by atoms with van der Waals surface area (Å²) in [6.07, 6.45) is 1.63. The minimum atomic E-state index is -0.926. The van der Waals surface area contributed by atoms with Crippen molar-refractivity contribution >= 4 is 46.3 Å². The SMILES string of the molecule is C1CCOC1.[C-]#[N+]c1ccc(C[C@@H](C(=O)NCC(=O)c2ccc(OC)cc2)[C@H](C)O)c(C)c1Cl.[C-]#[N+]c1ccc(C[C@@H](c2nnc(-c3ccc(OC)cc3)o2)[C@H](C)O)c(C)c1Cl. The lowest BCUT2D eigenvalue weighted by Gasteiger charge is -2.21. The van der Waals surface area contributed by atoms with Gasteiger partial charge in [0.05, 0.1) is 68.0 Å². The fourth-order valence-electron chi connectivity index (χ4n) is 6.38. The maximum absolute atomic E-state index is 12.6. The topological polar surface area (TPSA) is 162 Å². The molecule has 6 rings (SSSR count). The number of aliphatic hydroxyl groups excluding tert-OH is 2. The van der Waals surface area contributed by atoms with Gasteiger partial charge in [-0.1, -0.05) is 47.5 Å². The predicted octanol–water partition coefficient (Wildman–Crippen LogP) is 9.51. The first-order valence-corrected chi connectivity index (χ1v) is 20.7. The molecule has 62 heavy (non-hydrogen) atoms. The molecule has 1 fully saturated rings. The molecule has 1 saturated heterocycles. The Bertz CT molecular complexity index is 2340. The number of rotatable bonds is 14. The minimum absolute atomic E-state index is 0.176. The van der Waals surface area contributed by atoms with Gasteiger partial charge in [0.15, 0.2) is 5.78 Å². The first kappa shape index (κ1) is 48.9. The fraction of sp³-hybridized carbons (Fsp3) is 0.362. The van der Waals surface area contributed by atoms with E-state index in [9.17, 15) is 19.8 Å². The van der Waals surface area contributed by atoms with E-state index in [1.54, 1.807) is 63.4 Å². The summed E-state index contributed by atoms with van der Waals surface area (Å²) in [6, 6.07) is 20.8. The zero-order chi connectivity index (χ0) is 45.3. The van der Waals surface area contributed by atoms with Crippen molar-refractivity contribution in [2.24, 2.45) is 5.92 Å². The van der Waals surface area contributed by atoms with Crippen LogP contribution in [0, 0.1) is 32.9 Å². The highest BCUT2D eigenvalue weighted by atomic mass is 35.5. The number of amides is 1. The zero-order valence-corrected chi connectivity index (χ0v) is 37.1. The molecule has 1 aromatic heterocycles. The van der Waals surface area contributed by atoms with E-state index >= 15 is 0 Å². The molecule has 0 radical (unpaired) electrons. The van der Waals surface area contributed by atoms with Gasteiger partial charge in [0.25, 0.3) is 0 Å². The van der Waals surface area contributed by atoms with Gasteiger partial charge in [-0.2, -0.15) is 0 Å². The zero-order valence-electron chi connectivity index (χ0n) is 35.6. The molecule has 4 aromatic carbocycles. The largest absolute Gasteiger partial charge is 0.497 e. The van der Waals surface area contributed by atoms with Gasteiger partial charge in [0.2, 0.25) is 29.1 Å². The van der Waals surface area contributed by atoms with E-state index in [4.69, 9.17) is 55.0 Å². The van der Waals surface area contributed by atoms with Crippen molar-refractivity contribution < 1.29 is 38.4 Å². The average Bonchev–Trinajstić information content (AvgIpc) is 4.04. The van der Waals surface area contributed by atoms with Crippen molar-refractivity contribution in [2.75, 3.05) is 34.0 Å². The average molecular weight is 885 g/mol. The summed E-state index contributed by atoms with van der Waals surface area (Å²) in [5, 5.41) is 32.1. The molecule has 0 aliphatic carbocycles. The first-order valence-electron chi connectivity index (χ1n) is 19.9. The van der Waals surface area contributed by atoms with E-state index in [2.05, 4.69) is 25.2 Å². The van der Waals surface area contributed by atoms with Crippen molar-refractivity contribution in [2.45, 2.75) is 71.5 Å². The summed E-state index contributed by atoms with van der Waals surface area (Å²) in [5.74, 6) is 0.281. The molecule has 15 heteroatoms. The number of ketones is 1. The molecule has 5 aromatic rings. The molecule has 4 atom stereocenters. The second-order valence-corrected chi connectivity index (χ2v) is 15.3. The van der Waals surface area contributed by atoms with Gasteiger partial charge in [0, 0.05) is 24.3 Å². The number of methoxy groups -OCH3 is 2. The van der Waals surface area contributed by atoms with Gasteiger partial charge in [-0.3, -0.25) is 9.59 Å². The molecule has 1 amide bonds. The van der Waals surface area contributed by atoms with Crippen LogP contribution in [0.2, 0.25) is 10.0 Å². The van der Waals surface area contributed by atoms with Crippen LogP contribution < -0.4 is 14.8 Å². The molecular formula is C47H51Cl2N5O8. The number of aromatic nitrogens is 2. The summed E-state index contributed by atoms with van der Waals surface area (Å²) in [7, 11) is 3.14. The normalized spacial score (nSPS) is 13.7. The number of halogens is 2. The highest BCUT2D eigenvalue weighted by molar-refractivity contribution is 6.34. The van der Waals surface area contributed by atoms with E-state index in [1.807, 2.05) is 37.3 Å². The Balaban J connectivity index is 0.000000244. The van der Waals surface area contributed by atoms with Crippen LogP contribution >= 0.6 is 23.2 Å². The Morgan fingerprint density at radius 2 is 1.29 bits per heavy atom. The molecule has 1 aliphatic rings. The predicted molar refractivity (Wildman–Crippen MR) is 239 cm³/mol. The first-order chi connectivity index (χ1) is 29.7. The Labute approximate surface area is 372 Å². The third-order valence-electron chi connectivity index (χ3n) is 10.3. The van der Waals surface area contributed by atoms with Gasteiger partial charge >= 0.3 is 0 Å². The number of ether oxygens (including phenoxy) is 3. The van der Waals surface area contributed by atoms with Crippen molar-refractivity contribution in [3.05, 3.63) is 139 Å². The van der Waals surface area contributed by atoms with Crippen molar-refractivity contribution in [1.29, 1.82) is 0 Å². The number of nitrogens with one attached hydrogen (secondary N) is 1. The Morgan fingerprint density at radius 3 is 1.74 bits per heavy atom. The molecule has 0 unspecified atom stereocenters. The standard InChI is InChI=1S/C22H23ClN2O4.C21H20ClN3O3.C4H8O/c1-13-16(7-10-19(24-3)21(13)23)11-18(14(2)26)22(28)25-12-20(27)15-5-8-17(29-4)9-6-15;1-12-15(7-10-18(23-3)19(12)22)11-17(13(2)26)21-25-24-20(28-21)14-5-8-16(27-4)9-6-14;1-2-4-5-3-1/h5-10,14,18,26H,11-12H2,1-2,4H3,(H,25,28);5-10,13,17,26H,11H2,1-2,4H3;1-4H2/t14-,18+;13-,17+;/m00./s1. The van der Waals surface area contributed by atoms with Gasteiger partial charge in [-0.25, -0.2) is 9.69 Å². The Hall–Kier alpha value is -5.80. The lowest BCUT2D eigenvalue weighted by Crippen LogP contribution is -2.40. The molecule has 2 heterocycles. The third-order valence-corrected chi connectivity index (χ3v) is 11.3. The van der Waals surface area contributed by atoms with Gasteiger partial charge in [-0.15, -0.1) is 10.2 Å². The number of hydrogen-bond acceptors (Lipinski definition) is 10. The van der Waals surface area contributed by atoms with Crippen molar-refractivity contribution in [3.8, 4) is 23.0 Å². The Kier molecular flexibility index (Phi) is 18.9. The number of carbonyl (C=O) groups is 2. The maximum Gasteiger partial charge on any atom is 0.247 e. The van der Waals surface area contributed by atoms with E-state index < -0.39 is 30.0 Å². The molecule has 13 nitrogen and oxygen atoms in total. The number of aliphatic hydroxyl groups is 2. The molecule has 0 saturated carbocycles. The lowest BCUT2D eigenvalue weighted by molar-refractivity contribution is -0.127. The van der Waals surface area contributed by atoms with Crippen molar-refractivity contribution in [3.63, 3.8) is 0 Å². The highest BCUT2D eigenvalue weighted by Gasteiger charge is 2.27. The summed E-state index contributed by atoms with van der Waals surface area (Å²) in [6.45, 7) is 23.0. The molecule has 0 bridgehead atoms. The molecule has 3 N–H and O–H groups in total. The smallest absolute Gasteiger partial charge is 0.247 e. The summed E-state index contributed by atoms with van der Waals surface area (Å²) in [5.41, 5.74) is 5.19. The summed E-state index contributed by atoms with van der Waals surface area (Å²) >= 11 is 12.5. The molecule has 0 spiro atoms. The fourth-order valence-corrected chi connectivity index (χ4v) is 6.83. The van der Waals surface area contributed by atoms with Crippen LogP contribution in [0.3, 0.4) is 0 Å². The van der Waals surface area contributed by atoms with Crippen LogP contribution in [-0.2, 0) is 22.4 Å². The Morgan fingerprint density at radius 1 is 0.774 bits per heavy atom. The number of Topliss-reactive ketones (excluding diaryl/α,β-unsaturated/α-hetero) is 1.